The molecule has 0 fully saturated rings. The van der Waals surface area contributed by atoms with Crippen LogP contribution in [0.25, 0.3) is 0 Å². The van der Waals surface area contributed by atoms with E-state index in [1.807, 2.05) is 19.1 Å². The monoisotopic (exact) mass is 345 g/mol. The van der Waals surface area contributed by atoms with Crippen LogP contribution in [0.5, 0.6) is 5.75 Å². The highest BCUT2D eigenvalue weighted by molar-refractivity contribution is 5.97. The summed E-state index contributed by atoms with van der Waals surface area (Å²) in [6.07, 6.45) is -0.171. The number of methoxy groups -OCH3 is 1. The zero-order valence-corrected chi connectivity index (χ0v) is 14.3. The molecule has 0 aliphatic heterocycles. The molecular weight excluding hydrogens is 325 g/mol. The average molecular weight is 345 g/mol. The second-order valence-electron chi connectivity index (χ2n) is 5.43. The van der Waals surface area contributed by atoms with Gasteiger partial charge in [-0.15, -0.1) is 0 Å². The summed E-state index contributed by atoms with van der Waals surface area (Å²) in [5, 5.41) is 2.65. The average Bonchev–Trinajstić information content (AvgIpc) is 2.61. The number of hydrogen-bond acceptors (Lipinski definition) is 4. The lowest BCUT2D eigenvalue weighted by Gasteiger charge is -2.14. The van der Waals surface area contributed by atoms with Crippen LogP contribution >= 0.6 is 0 Å². The molecule has 1 N–H and O–H groups in total. The van der Waals surface area contributed by atoms with Crippen molar-refractivity contribution in [2.75, 3.05) is 12.4 Å². The molecule has 132 valence electrons. The van der Waals surface area contributed by atoms with Crippen LogP contribution in [0.1, 0.15) is 29.8 Å². The molecule has 0 bridgehead atoms. The zero-order chi connectivity index (χ0) is 18.4. The maximum atomic E-state index is 13.9. The van der Waals surface area contributed by atoms with Crippen molar-refractivity contribution in [3.63, 3.8) is 0 Å². The topological polar surface area (TPSA) is 64.6 Å². The van der Waals surface area contributed by atoms with Gasteiger partial charge in [-0.05, 0) is 43.2 Å². The van der Waals surface area contributed by atoms with Crippen molar-refractivity contribution in [3.8, 4) is 5.75 Å². The third kappa shape index (κ3) is 4.79. The summed E-state index contributed by atoms with van der Waals surface area (Å²) in [5.74, 6) is -1.89. The van der Waals surface area contributed by atoms with Gasteiger partial charge in [-0.1, -0.05) is 19.1 Å². The molecule has 1 atom stereocenters. The van der Waals surface area contributed by atoms with Gasteiger partial charge >= 0.3 is 5.97 Å². The summed E-state index contributed by atoms with van der Waals surface area (Å²) >= 11 is 0. The predicted molar refractivity (Wildman–Crippen MR) is 92.3 cm³/mol. The molecule has 5 nitrogen and oxygen atoms in total. The van der Waals surface area contributed by atoms with Gasteiger partial charge in [0.05, 0.1) is 12.7 Å². The Morgan fingerprint density at radius 3 is 2.40 bits per heavy atom. The van der Waals surface area contributed by atoms with Crippen LogP contribution in [0.15, 0.2) is 42.5 Å². The molecule has 2 aromatic rings. The number of halogens is 1. The van der Waals surface area contributed by atoms with Gasteiger partial charge in [0.15, 0.2) is 6.10 Å². The molecule has 1 amide bonds. The van der Waals surface area contributed by atoms with Crippen LogP contribution in [-0.2, 0) is 16.0 Å². The maximum Gasteiger partial charge on any atom is 0.341 e. The van der Waals surface area contributed by atoms with Gasteiger partial charge in [-0.3, -0.25) is 4.79 Å². The van der Waals surface area contributed by atoms with Crippen molar-refractivity contribution >= 4 is 17.6 Å². The first-order valence-electron chi connectivity index (χ1n) is 7.89. The van der Waals surface area contributed by atoms with Gasteiger partial charge in [0.2, 0.25) is 0 Å². The molecule has 0 spiro atoms. The third-order valence-electron chi connectivity index (χ3n) is 3.68. The summed E-state index contributed by atoms with van der Waals surface area (Å²) in [7, 11) is 1.40. The van der Waals surface area contributed by atoms with Gasteiger partial charge in [-0.2, -0.15) is 0 Å². The van der Waals surface area contributed by atoms with E-state index in [1.54, 1.807) is 12.1 Å². The van der Waals surface area contributed by atoms with E-state index in [4.69, 9.17) is 9.47 Å². The highest BCUT2D eigenvalue weighted by Gasteiger charge is 2.21. The van der Waals surface area contributed by atoms with Gasteiger partial charge in [-0.25, -0.2) is 9.18 Å². The highest BCUT2D eigenvalue weighted by atomic mass is 19.1. The Labute approximate surface area is 145 Å². The fourth-order valence-corrected chi connectivity index (χ4v) is 2.13. The molecule has 25 heavy (non-hydrogen) atoms. The first kappa shape index (κ1) is 18.4. The molecule has 6 heteroatoms. The van der Waals surface area contributed by atoms with Crippen molar-refractivity contribution in [1.29, 1.82) is 0 Å². The number of carbonyl (C=O) groups excluding carboxylic acids is 2. The largest absolute Gasteiger partial charge is 0.497 e. The van der Waals surface area contributed by atoms with Gasteiger partial charge in [0.25, 0.3) is 5.91 Å². The van der Waals surface area contributed by atoms with Crippen LogP contribution in [-0.4, -0.2) is 25.1 Å². The van der Waals surface area contributed by atoms with Crippen LogP contribution in [0.2, 0.25) is 0 Å². The number of rotatable bonds is 6. The predicted octanol–water partition coefficient (Wildman–Crippen LogP) is 3.58. The number of ether oxygens (including phenoxy) is 2. The quantitative estimate of drug-likeness (QED) is 0.813. The van der Waals surface area contributed by atoms with Crippen molar-refractivity contribution in [1.82, 2.24) is 0 Å². The van der Waals surface area contributed by atoms with E-state index in [0.717, 1.165) is 18.1 Å². The standard InChI is InChI=1S/C19H20FNO4/c1-4-13-5-7-14(8-6-13)21-18(22)12(2)25-19(23)16-10-9-15(24-3)11-17(16)20/h5-12H,4H2,1-3H3,(H,21,22)/t12-/m1/s1. The lowest BCUT2D eigenvalue weighted by atomic mass is 10.1. The summed E-state index contributed by atoms with van der Waals surface area (Å²) in [4.78, 5) is 24.1. The summed E-state index contributed by atoms with van der Waals surface area (Å²) in [6, 6.07) is 11.1. The number of benzene rings is 2. The number of carbonyl (C=O) groups is 2. The normalized spacial score (nSPS) is 11.5. The van der Waals surface area contributed by atoms with Crippen LogP contribution in [0.3, 0.4) is 0 Å². The molecule has 2 aromatic carbocycles. The number of esters is 1. The number of anilines is 1. The third-order valence-corrected chi connectivity index (χ3v) is 3.68. The molecule has 2 rings (SSSR count). The van der Waals surface area contributed by atoms with E-state index in [2.05, 4.69) is 5.32 Å². The minimum atomic E-state index is -1.07. The molecule has 0 radical (unpaired) electrons. The summed E-state index contributed by atoms with van der Waals surface area (Å²) < 4.78 is 23.8. The Morgan fingerprint density at radius 1 is 1.16 bits per heavy atom. The van der Waals surface area contributed by atoms with Crippen molar-refractivity contribution in [2.24, 2.45) is 0 Å². The number of amides is 1. The van der Waals surface area contributed by atoms with E-state index < -0.39 is 23.8 Å². The number of aryl methyl sites for hydroxylation is 1. The smallest absolute Gasteiger partial charge is 0.341 e. The molecule has 0 unspecified atom stereocenters. The second-order valence-corrected chi connectivity index (χ2v) is 5.43. The van der Waals surface area contributed by atoms with Crippen molar-refractivity contribution in [3.05, 3.63) is 59.4 Å². The van der Waals surface area contributed by atoms with E-state index in [0.29, 0.717) is 5.69 Å². The first-order chi connectivity index (χ1) is 11.9. The molecule has 0 aliphatic rings. The summed E-state index contributed by atoms with van der Waals surface area (Å²) in [6.45, 7) is 3.46. The van der Waals surface area contributed by atoms with Crippen molar-refractivity contribution in [2.45, 2.75) is 26.4 Å². The van der Waals surface area contributed by atoms with E-state index in [9.17, 15) is 14.0 Å². The lowest BCUT2D eigenvalue weighted by molar-refractivity contribution is -0.123. The highest BCUT2D eigenvalue weighted by Crippen LogP contribution is 2.18. The Morgan fingerprint density at radius 2 is 1.84 bits per heavy atom. The van der Waals surface area contributed by atoms with E-state index in [1.165, 1.54) is 26.2 Å². The van der Waals surface area contributed by atoms with Gasteiger partial charge < -0.3 is 14.8 Å². The SMILES string of the molecule is CCc1ccc(NC(=O)[C@@H](C)OC(=O)c2ccc(OC)cc2F)cc1. The van der Waals surface area contributed by atoms with Gasteiger partial charge in [0.1, 0.15) is 11.6 Å². The Bertz CT molecular complexity index is 759. The fraction of sp³-hybridized carbons (Fsp3) is 0.263. The lowest BCUT2D eigenvalue weighted by Crippen LogP contribution is -2.30. The first-order valence-corrected chi connectivity index (χ1v) is 7.89. The Hall–Kier alpha value is -2.89. The minimum absolute atomic E-state index is 0.257. The van der Waals surface area contributed by atoms with E-state index in [-0.39, 0.29) is 11.3 Å². The van der Waals surface area contributed by atoms with Gasteiger partial charge in [0, 0.05) is 11.8 Å². The maximum absolute atomic E-state index is 13.9. The van der Waals surface area contributed by atoms with Crippen LogP contribution < -0.4 is 10.1 Å². The molecule has 0 aromatic heterocycles. The fourth-order valence-electron chi connectivity index (χ4n) is 2.13. The molecule has 0 heterocycles. The zero-order valence-electron chi connectivity index (χ0n) is 14.3. The minimum Gasteiger partial charge on any atom is -0.497 e. The molecule has 0 aliphatic carbocycles. The Balaban J connectivity index is 1.98. The second kappa shape index (κ2) is 8.28. The Kier molecular flexibility index (Phi) is 6.11. The molecule has 0 saturated carbocycles. The summed E-state index contributed by atoms with van der Waals surface area (Å²) in [5.41, 5.74) is 1.49. The van der Waals surface area contributed by atoms with E-state index >= 15 is 0 Å². The number of nitrogens with one attached hydrogen (secondary N) is 1. The molecular formula is C19H20FNO4. The van der Waals surface area contributed by atoms with Crippen molar-refractivity contribution < 1.29 is 23.5 Å². The number of hydrogen-bond donors (Lipinski definition) is 1. The van der Waals surface area contributed by atoms with Crippen LogP contribution in [0, 0.1) is 5.82 Å². The van der Waals surface area contributed by atoms with Crippen LogP contribution in [0.4, 0.5) is 10.1 Å². The molecule has 0 saturated heterocycles.